The molecule has 0 aliphatic carbocycles. The van der Waals surface area contributed by atoms with Gasteiger partial charge in [-0.25, -0.2) is 9.97 Å². The summed E-state index contributed by atoms with van der Waals surface area (Å²) in [5.41, 5.74) is 1.45. The van der Waals surface area contributed by atoms with Crippen LogP contribution in [0.5, 0.6) is 5.75 Å². The molecule has 0 radical (unpaired) electrons. The molecule has 28 heavy (non-hydrogen) atoms. The first-order valence-corrected chi connectivity index (χ1v) is 9.52. The minimum absolute atomic E-state index is 0.0569. The second-order valence-corrected chi connectivity index (χ2v) is 7.20. The molecular weight excluding hydrogens is 356 g/mol. The molecule has 7 heteroatoms. The molecule has 1 fully saturated rings. The number of rotatable bonds is 5. The summed E-state index contributed by atoms with van der Waals surface area (Å²) in [5.74, 6) is 2.50. The van der Waals surface area contributed by atoms with E-state index in [0.717, 1.165) is 42.7 Å². The summed E-state index contributed by atoms with van der Waals surface area (Å²) in [7, 11) is 1.60. The molecule has 1 atom stereocenters. The van der Waals surface area contributed by atoms with Crippen molar-refractivity contribution in [2.75, 3.05) is 31.6 Å². The highest BCUT2D eigenvalue weighted by Gasteiger charge is 2.22. The van der Waals surface area contributed by atoms with Crippen LogP contribution in [-0.4, -0.2) is 42.6 Å². The van der Waals surface area contributed by atoms with Gasteiger partial charge in [-0.1, -0.05) is 0 Å². The fraction of sp³-hybridized carbons (Fsp3) is 0.381. The van der Waals surface area contributed by atoms with Crippen molar-refractivity contribution < 1.29 is 13.9 Å². The topological polar surface area (TPSA) is 80.5 Å². The van der Waals surface area contributed by atoms with Crippen LogP contribution < -0.4 is 15.0 Å². The molecule has 0 bridgehead atoms. The van der Waals surface area contributed by atoms with Gasteiger partial charge in [-0.05, 0) is 49.9 Å². The number of carbonyl (C=O) groups is 1. The van der Waals surface area contributed by atoms with Gasteiger partial charge in [0.05, 0.1) is 19.5 Å². The Labute approximate surface area is 163 Å². The molecule has 1 aromatic carbocycles. The van der Waals surface area contributed by atoms with E-state index in [2.05, 4.69) is 20.2 Å². The molecule has 3 heterocycles. The lowest BCUT2D eigenvalue weighted by atomic mass is 9.98. The Morgan fingerprint density at radius 3 is 2.93 bits per heavy atom. The van der Waals surface area contributed by atoms with Crippen LogP contribution in [0.3, 0.4) is 0 Å². The molecule has 1 aliphatic rings. The van der Waals surface area contributed by atoms with Crippen molar-refractivity contribution in [3.05, 3.63) is 48.0 Å². The first kappa shape index (κ1) is 18.3. The van der Waals surface area contributed by atoms with Crippen molar-refractivity contribution in [1.82, 2.24) is 15.3 Å². The van der Waals surface area contributed by atoms with E-state index in [4.69, 9.17) is 9.15 Å². The molecular formula is C21H24N4O3. The molecule has 1 amide bonds. The lowest BCUT2D eigenvalue weighted by Crippen LogP contribution is -2.41. The van der Waals surface area contributed by atoms with E-state index in [0.29, 0.717) is 29.7 Å². The van der Waals surface area contributed by atoms with Crippen molar-refractivity contribution in [2.24, 2.45) is 5.92 Å². The molecule has 4 rings (SSSR count). The van der Waals surface area contributed by atoms with E-state index < -0.39 is 0 Å². The van der Waals surface area contributed by atoms with Gasteiger partial charge in [0.15, 0.2) is 5.75 Å². The van der Waals surface area contributed by atoms with Crippen molar-refractivity contribution in [2.45, 2.75) is 19.8 Å². The maximum absolute atomic E-state index is 12.6. The number of aromatic nitrogens is 2. The molecule has 146 valence electrons. The van der Waals surface area contributed by atoms with Gasteiger partial charge in [0.2, 0.25) is 5.95 Å². The monoisotopic (exact) mass is 380 g/mol. The number of furan rings is 1. The Hall–Kier alpha value is -3.09. The zero-order valence-electron chi connectivity index (χ0n) is 16.1. The molecule has 1 saturated heterocycles. The van der Waals surface area contributed by atoms with Crippen LogP contribution in [0.25, 0.3) is 11.0 Å². The van der Waals surface area contributed by atoms with E-state index in [1.807, 2.05) is 25.1 Å². The van der Waals surface area contributed by atoms with Gasteiger partial charge in [0.1, 0.15) is 11.3 Å². The number of fused-ring (bicyclic) bond motifs is 1. The molecule has 1 aliphatic heterocycles. The number of amides is 1. The smallest absolute Gasteiger partial charge is 0.251 e. The predicted molar refractivity (Wildman–Crippen MR) is 107 cm³/mol. The zero-order chi connectivity index (χ0) is 19.5. The third-order valence-corrected chi connectivity index (χ3v) is 5.11. The van der Waals surface area contributed by atoms with Crippen LogP contribution in [0.1, 0.15) is 29.0 Å². The van der Waals surface area contributed by atoms with Gasteiger partial charge in [-0.15, -0.1) is 0 Å². The number of ether oxygens (including phenoxy) is 1. The van der Waals surface area contributed by atoms with Crippen LogP contribution in [0.15, 0.2) is 41.1 Å². The molecule has 1 unspecified atom stereocenters. The first-order chi connectivity index (χ1) is 13.6. The lowest BCUT2D eigenvalue weighted by Gasteiger charge is -2.32. The summed E-state index contributed by atoms with van der Waals surface area (Å²) in [6.45, 7) is 4.29. The number of nitrogens with zero attached hydrogens (tertiary/aromatic N) is 3. The highest BCUT2D eigenvalue weighted by Crippen LogP contribution is 2.22. The molecule has 0 saturated carbocycles. The summed E-state index contributed by atoms with van der Waals surface area (Å²) < 4.78 is 10.7. The van der Waals surface area contributed by atoms with Crippen LogP contribution in [0.2, 0.25) is 0 Å². The Bertz CT molecular complexity index is 967. The van der Waals surface area contributed by atoms with E-state index in [1.165, 1.54) is 0 Å². The third-order valence-electron chi connectivity index (χ3n) is 5.11. The van der Waals surface area contributed by atoms with Gasteiger partial charge in [-0.3, -0.25) is 4.79 Å². The van der Waals surface area contributed by atoms with E-state index in [-0.39, 0.29) is 5.91 Å². The van der Waals surface area contributed by atoms with Gasteiger partial charge in [0.25, 0.3) is 5.91 Å². The molecule has 0 spiro atoms. The standard InChI is InChI=1S/C21H24N4O3/c1-14-8-17-9-16(5-6-19(17)28-14)20(26)22-10-15-4-3-7-25(13-15)21-23-11-18(27-2)12-24-21/h5-6,8-9,11-12,15H,3-4,7,10,13H2,1-2H3,(H,22,26). The number of piperidine rings is 1. The number of carbonyl (C=O) groups excluding carboxylic acids is 1. The van der Waals surface area contributed by atoms with Gasteiger partial charge in [-0.2, -0.15) is 0 Å². The predicted octanol–water partition coefficient (Wildman–Crippen LogP) is 3.19. The lowest BCUT2D eigenvalue weighted by molar-refractivity contribution is 0.0946. The van der Waals surface area contributed by atoms with Crippen molar-refractivity contribution >= 4 is 22.8 Å². The van der Waals surface area contributed by atoms with Crippen LogP contribution >= 0.6 is 0 Å². The second-order valence-electron chi connectivity index (χ2n) is 7.20. The number of hydrogen-bond acceptors (Lipinski definition) is 6. The maximum Gasteiger partial charge on any atom is 0.251 e. The molecule has 7 nitrogen and oxygen atoms in total. The normalized spacial score (nSPS) is 16.9. The molecule has 2 aromatic heterocycles. The summed E-state index contributed by atoms with van der Waals surface area (Å²) in [6.07, 6.45) is 5.49. The summed E-state index contributed by atoms with van der Waals surface area (Å²) in [4.78, 5) is 23.5. The number of methoxy groups -OCH3 is 1. The van der Waals surface area contributed by atoms with Crippen molar-refractivity contribution in [3.8, 4) is 5.75 Å². The largest absolute Gasteiger partial charge is 0.494 e. The van der Waals surface area contributed by atoms with E-state index >= 15 is 0 Å². The van der Waals surface area contributed by atoms with Crippen LogP contribution in [-0.2, 0) is 0 Å². The fourth-order valence-corrected chi connectivity index (χ4v) is 3.65. The van der Waals surface area contributed by atoms with Gasteiger partial charge in [0, 0.05) is 30.6 Å². The quantitative estimate of drug-likeness (QED) is 0.732. The summed E-state index contributed by atoms with van der Waals surface area (Å²) in [6, 6.07) is 7.47. The van der Waals surface area contributed by atoms with Gasteiger partial charge < -0.3 is 19.4 Å². The Morgan fingerprint density at radius 1 is 1.32 bits per heavy atom. The average Bonchev–Trinajstić information content (AvgIpc) is 3.11. The number of nitrogens with one attached hydrogen (secondary N) is 1. The SMILES string of the molecule is COc1cnc(N2CCCC(CNC(=O)c3ccc4oc(C)cc4c3)C2)nc1. The Morgan fingerprint density at radius 2 is 2.14 bits per heavy atom. The van der Waals surface area contributed by atoms with Crippen molar-refractivity contribution in [1.29, 1.82) is 0 Å². The second kappa shape index (κ2) is 7.88. The van der Waals surface area contributed by atoms with Crippen LogP contribution in [0, 0.1) is 12.8 Å². The van der Waals surface area contributed by atoms with E-state index in [9.17, 15) is 4.79 Å². The maximum atomic E-state index is 12.6. The van der Waals surface area contributed by atoms with Crippen molar-refractivity contribution in [3.63, 3.8) is 0 Å². The van der Waals surface area contributed by atoms with Crippen LogP contribution in [0.4, 0.5) is 5.95 Å². The highest BCUT2D eigenvalue weighted by atomic mass is 16.5. The zero-order valence-corrected chi connectivity index (χ0v) is 16.1. The molecule has 3 aromatic rings. The van der Waals surface area contributed by atoms with Gasteiger partial charge >= 0.3 is 0 Å². The number of anilines is 1. The third kappa shape index (κ3) is 3.93. The number of benzene rings is 1. The number of hydrogen-bond donors (Lipinski definition) is 1. The first-order valence-electron chi connectivity index (χ1n) is 9.52. The fourth-order valence-electron chi connectivity index (χ4n) is 3.65. The minimum Gasteiger partial charge on any atom is -0.494 e. The summed E-state index contributed by atoms with van der Waals surface area (Å²) >= 11 is 0. The van der Waals surface area contributed by atoms with E-state index in [1.54, 1.807) is 25.6 Å². The minimum atomic E-state index is -0.0569. The highest BCUT2D eigenvalue weighted by molar-refractivity contribution is 5.97. The summed E-state index contributed by atoms with van der Waals surface area (Å²) in [5, 5.41) is 4.02. The molecule has 1 N–H and O–H groups in total. The average molecular weight is 380 g/mol. The number of aryl methyl sites for hydroxylation is 1. The Kier molecular flexibility index (Phi) is 5.14. The Balaban J connectivity index is 1.35.